The highest BCUT2D eigenvalue weighted by atomic mass is 32.1. The normalized spacial score (nSPS) is 25.8. The summed E-state index contributed by atoms with van der Waals surface area (Å²) < 4.78 is 0. The highest BCUT2D eigenvalue weighted by Crippen LogP contribution is 2.37. The molecule has 2 N–H and O–H groups in total. The van der Waals surface area contributed by atoms with Crippen molar-refractivity contribution in [1.82, 2.24) is 14.8 Å². The minimum atomic E-state index is -0.364. The predicted molar refractivity (Wildman–Crippen MR) is 108 cm³/mol. The Bertz CT molecular complexity index is 1000. The van der Waals surface area contributed by atoms with Crippen LogP contribution in [-0.2, 0) is 13.0 Å². The molecule has 3 aliphatic rings. The Morgan fingerprint density at radius 1 is 1.17 bits per heavy atom. The maximum Gasteiger partial charge on any atom is 0.264 e. The molecule has 0 spiro atoms. The fourth-order valence-electron chi connectivity index (χ4n) is 5.13. The third-order valence-electron chi connectivity index (χ3n) is 6.46. The van der Waals surface area contributed by atoms with Gasteiger partial charge in [0, 0.05) is 31.4 Å². The molecule has 1 unspecified atom stereocenters. The first-order valence-electron chi connectivity index (χ1n) is 10.1. The van der Waals surface area contributed by atoms with Crippen LogP contribution in [0.2, 0.25) is 0 Å². The van der Waals surface area contributed by atoms with Crippen LogP contribution in [0.3, 0.4) is 0 Å². The van der Waals surface area contributed by atoms with Crippen LogP contribution in [0.4, 0.5) is 0 Å². The number of pyridine rings is 1. The van der Waals surface area contributed by atoms with E-state index in [0.29, 0.717) is 37.2 Å². The third kappa shape index (κ3) is 3.11. The zero-order valence-electron chi connectivity index (χ0n) is 16.0. The van der Waals surface area contributed by atoms with Gasteiger partial charge in [0.1, 0.15) is 5.56 Å². The molecule has 0 saturated carbocycles. The first-order valence-corrected chi connectivity index (χ1v) is 11.0. The van der Waals surface area contributed by atoms with Crippen LogP contribution in [-0.4, -0.2) is 56.4 Å². The minimum Gasteiger partial charge on any atom is -0.393 e. The van der Waals surface area contributed by atoms with Crippen molar-refractivity contribution >= 4 is 23.2 Å². The zero-order chi connectivity index (χ0) is 20.1. The summed E-state index contributed by atoms with van der Waals surface area (Å²) in [5, 5.41) is 11.9. The van der Waals surface area contributed by atoms with E-state index in [1.54, 1.807) is 11.1 Å². The summed E-state index contributed by atoms with van der Waals surface area (Å²) in [5.41, 5.74) is 1.45. The van der Waals surface area contributed by atoms with Gasteiger partial charge in [-0.3, -0.25) is 14.4 Å². The second-order valence-electron chi connectivity index (χ2n) is 8.17. The van der Waals surface area contributed by atoms with Gasteiger partial charge in [-0.2, -0.15) is 0 Å². The Labute approximate surface area is 172 Å². The number of carbonyl (C=O) groups is 2. The highest BCUT2D eigenvalue weighted by molar-refractivity contribution is 7.12. The van der Waals surface area contributed by atoms with E-state index in [-0.39, 0.29) is 41.1 Å². The fraction of sp³-hybridized carbons (Fsp3) is 0.476. The van der Waals surface area contributed by atoms with Crippen molar-refractivity contribution in [3.63, 3.8) is 0 Å². The number of aliphatic hydroxyl groups excluding tert-OH is 1. The van der Waals surface area contributed by atoms with Gasteiger partial charge in [-0.15, -0.1) is 11.3 Å². The summed E-state index contributed by atoms with van der Waals surface area (Å²) >= 11 is 1.41. The molecule has 2 fully saturated rings. The lowest BCUT2D eigenvalue weighted by molar-refractivity contribution is 0.0284. The van der Waals surface area contributed by atoms with E-state index >= 15 is 0 Å². The molecule has 0 aromatic carbocycles. The number of aliphatic hydroxyl groups is 1. The van der Waals surface area contributed by atoms with Gasteiger partial charge in [-0.25, -0.2) is 0 Å². The molecule has 0 aliphatic carbocycles. The number of carbonyl (C=O) groups excluding carboxylic acids is 2. The highest BCUT2D eigenvalue weighted by Gasteiger charge is 2.44. The second kappa shape index (κ2) is 7.11. The van der Waals surface area contributed by atoms with Crippen LogP contribution >= 0.6 is 11.3 Å². The maximum atomic E-state index is 13.4. The number of hydrogen-bond acceptors (Lipinski definition) is 5. The number of aromatic amines is 1. The maximum absolute atomic E-state index is 13.4. The van der Waals surface area contributed by atoms with Gasteiger partial charge < -0.3 is 19.9 Å². The SMILES string of the molecule is O=C(c1cccs1)N1CCc2c(c[nH]c(=O)c2C(=O)N2[C@@H]3CC[C@H]2CC(O)C3)C1. The summed E-state index contributed by atoms with van der Waals surface area (Å²) in [5.74, 6) is -0.242. The van der Waals surface area contributed by atoms with Crippen molar-refractivity contribution in [3.05, 3.63) is 55.6 Å². The number of nitrogens with one attached hydrogen (secondary N) is 1. The van der Waals surface area contributed by atoms with Crippen molar-refractivity contribution < 1.29 is 14.7 Å². The van der Waals surface area contributed by atoms with Gasteiger partial charge in [-0.1, -0.05) is 6.07 Å². The zero-order valence-corrected chi connectivity index (χ0v) is 16.8. The number of piperidine rings is 1. The molecule has 2 bridgehead atoms. The second-order valence-corrected chi connectivity index (χ2v) is 9.12. The van der Waals surface area contributed by atoms with Gasteiger partial charge in [0.05, 0.1) is 11.0 Å². The summed E-state index contributed by atoms with van der Waals surface area (Å²) in [7, 11) is 0. The Balaban J connectivity index is 1.45. The largest absolute Gasteiger partial charge is 0.393 e. The number of nitrogens with zero attached hydrogens (tertiary/aromatic N) is 2. The number of fused-ring (bicyclic) bond motifs is 3. The van der Waals surface area contributed by atoms with Crippen LogP contribution in [0.1, 0.15) is 56.8 Å². The first-order chi connectivity index (χ1) is 14.0. The van der Waals surface area contributed by atoms with Crippen molar-refractivity contribution in [3.8, 4) is 0 Å². The van der Waals surface area contributed by atoms with Gasteiger partial charge in [0.2, 0.25) is 0 Å². The third-order valence-corrected chi connectivity index (χ3v) is 7.32. The van der Waals surface area contributed by atoms with E-state index in [4.69, 9.17) is 0 Å². The van der Waals surface area contributed by atoms with E-state index in [9.17, 15) is 19.5 Å². The Kier molecular flexibility index (Phi) is 4.55. The van der Waals surface area contributed by atoms with E-state index in [1.165, 1.54) is 11.3 Å². The van der Waals surface area contributed by atoms with Gasteiger partial charge in [0.15, 0.2) is 0 Å². The quantitative estimate of drug-likeness (QED) is 0.785. The number of hydrogen-bond donors (Lipinski definition) is 2. The lowest BCUT2D eigenvalue weighted by atomic mass is 9.93. The number of H-pyrrole nitrogens is 1. The van der Waals surface area contributed by atoms with Crippen molar-refractivity contribution in [2.24, 2.45) is 0 Å². The topological polar surface area (TPSA) is 93.7 Å². The minimum absolute atomic E-state index is 0.00648. The molecule has 5 rings (SSSR count). The molecule has 5 heterocycles. The van der Waals surface area contributed by atoms with Crippen LogP contribution in [0.25, 0.3) is 0 Å². The van der Waals surface area contributed by atoms with Gasteiger partial charge in [-0.05, 0) is 54.7 Å². The standard InChI is InChI=1S/C21H23N3O4S/c25-15-8-13-3-4-14(9-15)24(13)21(28)18-16-5-6-23(11-12(16)10-22-19(18)26)20(27)17-2-1-7-29-17/h1-2,7,10,13-15,25H,3-6,8-9,11H2,(H,22,26)/t13-,14+,15?. The molecule has 3 atom stereocenters. The van der Waals surface area contributed by atoms with E-state index in [0.717, 1.165) is 24.0 Å². The Hall–Kier alpha value is -2.45. The monoisotopic (exact) mass is 413 g/mol. The Morgan fingerprint density at radius 2 is 1.93 bits per heavy atom. The van der Waals surface area contributed by atoms with E-state index in [1.807, 2.05) is 22.4 Å². The van der Waals surface area contributed by atoms with Crippen molar-refractivity contribution in [2.75, 3.05) is 6.54 Å². The molecule has 2 aromatic heterocycles. The Morgan fingerprint density at radius 3 is 2.62 bits per heavy atom. The number of thiophene rings is 1. The predicted octanol–water partition coefficient (Wildman–Crippen LogP) is 1.76. The van der Waals surface area contributed by atoms with E-state index in [2.05, 4.69) is 4.98 Å². The molecule has 8 heteroatoms. The molecule has 3 aliphatic heterocycles. The fourth-order valence-corrected chi connectivity index (χ4v) is 5.82. The lowest BCUT2D eigenvalue weighted by Crippen LogP contribution is -2.50. The van der Waals surface area contributed by atoms with Crippen LogP contribution in [0, 0.1) is 0 Å². The first kappa shape index (κ1) is 18.6. The van der Waals surface area contributed by atoms with Crippen molar-refractivity contribution in [1.29, 1.82) is 0 Å². The summed E-state index contributed by atoms with van der Waals surface area (Å²) in [6, 6.07) is 3.68. The van der Waals surface area contributed by atoms with Crippen LogP contribution in [0.15, 0.2) is 28.5 Å². The molecule has 29 heavy (non-hydrogen) atoms. The average Bonchev–Trinajstić information content (AvgIpc) is 3.33. The average molecular weight is 413 g/mol. The summed E-state index contributed by atoms with van der Waals surface area (Å²) in [4.78, 5) is 45.8. The number of amides is 2. The summed E-state index contributed by atoms with van der Waals surface area (Å²) in [6.45, 7) is 0.869. The van der Waals surface area contributed by atoms with Crippen LogP contribution < -0.4 is 5.56 Å². The number of aromatic nitrogens is 1. The molecule has 2 aromatic rings. The van der Waals surface area contributed by atoms with Gasteiger partial charge in [0.25, 0.3) is 17.4 Å². The molecular weight excluding hydrogens is 390 g/mol. The van der Waals surface area contributed by atoms with Gasteiger partial charge >= 0.3 is 0 Å². The van der Waals surface area contributed by atoms with E-state index < -0.39 is 0 Å². The number of rotatable bonds is 2. The van der Waals surface area contributed by atoms with Crippen LogP contribution in [0.5, 0.6) is 0 Å². The molecular formula is C21H23N3O4S. The van der Waals surface area contributed by atoms with Crippen molar-refractivity contribution in [2.45, 2.75) is 56.8 Å². The molecule has 2 saturated heterocycles. The summed E-state index contributed by atoms with van der Waals surface area (Å²) in [6.07, 6.45) is 4.68. The molecule has 0 radical (unpaired) electrons. The molecule has 152 valence electrons. The molecule has 2 amide bonds. The lowest BCUT2D eigenvalue weighted by Gasteiger charge is -2.38. The molecule has 7 nitrogen and oxygen atoms in total. The smallest absolute Gasteiger partial charge is 0.264 e.